The van der Waals surface area contributed by atoms with E-state index in [2.05, 4.69) is 44.0 Å². The molecule has 0 aliphatic rings. The first kappa shape index (κ1) is 13.9. The molecule has 0 aliphatic carbocycles. The molecule has 0 bridgehead atoms. The largest absolute Gasteiger partial charge is 0.346 e. The van der Waals surface area contributed by atoms with Gasteiger partial charge in [0, 0.05) is 36.4 Å². The van der Waals surface area contributed by atoms with Crippen molar-refractivity contribution in [1.82, 2.24) is 9.36 Å². The van der Waals surface area contributed by atoms with Crippen LogP contribution in [0.25, 0.3) is 0 Å². The topological polar surface area (TPSA) is 29.0 Å². The highest BCUT2D eigenvalue weighted by Crippen LogP contribution is 2.18. The van der Waals surface area contributed by atoms with Crippen molar-refractivity contribution in [3.8, 4) is 0 Å². The highest BCUT2D eigenvalue weighted by molar-refractivity contribution is 9.09. The Morgan fingerprint density at radius 2 is 2.06 bits per heavy atom. The minimum absolute atomic E-state index is 0.986. The number of alkyl halides is 1. The smallest absolute Gasteiger partial charge is 0.205 e. The molecule has 1 heterocycles. The quantitative estimate of drug-likeness (QED) is 0.688. The van der Waals surface area contributed by atoms with E-state index >= 15 is 0 Å². The molecule has 0 amide bonds. The van der Waals surface area contributed by atoms with Crippen molar-refractivity contribution in [2.45, 2.75) is 39.5 Å². The SMILES string of the molecule is CCCCN(CCBr)c1nc(CCC)ns1. The Bertz CT molecular complexity index is 291. The normalized spacial score (nSPS) is 10.7. The fraction of sp³-hybridized carbons (Fsp3) is 0.818. The van der Waals surface area contributed by atoms with E-state index < -0.39 is 0 Å². The number of hydrogen-bond donors (Lipinski definition) is 0. The predicted molar refractivity (Wildman–Crippen MR) is 74.8 cm³/mol. The molecule has 0 atom stereocenters. The monoisotopic (exact) mass is 305 g/mol. The molecule has 16 heavy (non-hydrogen) atoms. The second-order valence-electron chi connectivity index (χ2n) is 3.77. The van der Waals surface area contributed by atoms with Gasteiger partial charge in [0.1, 0.15) is 5.82 Å². The van der Waals surface area contributed by atoms with Crippen molar-refractivity contribution in [3.05, 3.63) is 5.82 Å². The lowest BCUT2D eigenvalue weighted by Crippen LogP contribution is -2.26. The van der Waals surface area contributed by atoms with Crippen LogP contribution in [0.1, 0.15) is 38.9 Å². The van der Waals surface area contributed by atoms with Gasteiger partial charge in [0.25, 0.3) is 0 Å². The lowest BCUT2D eigenvalue weighted by atomic mass is 10.3. The highest BCUT2D eigenvalue weighted by atomic mass is 79.9. The third-order valence-corrected chi connectivity index (χ3v) is 3.51. The second-order valence-corrected chi connectivity index (χ2v) is 5.30. The van der Waals surface area contributed by atoms with Gasteiger partial charge in [0.2, 0.25) is 5.13 Å². The zero-order valence-corrected chi connectivity index (χ0v) is 12.5. The average molecular weight is 306 g/mol. The van der Waals surface area contributed by atoms with Gasteiger partial charge in [-0.25, -0.2) is 4.98 Å². The summed E-state index contributed by atoms with van der Waals surface area (Å²) in [6.07, 6.45) is 4.55. The lowest BCUT2D eigenvalue weighted by Gasteiger charge is -2.19. The van der Waals surface area contributed by atoms with Gasteiger partial charge in [0.15, 0.2) is 0 Å². The molecule has 0 aromatic carbocycles. The van der Waals surface area contributed by atoms with Crippen LogP contribution in [0, 0.1) is 0 Å². The molecule has 0 N–H and O–H groups in total. The van der Waals surface area contributed by atoms with E-state index in [1.54, 1.807) is 0 Å². The van der Waals surface area contributed by atoms with Crippen LogP contribution in [0.15, 0.2) is 0 Å². The molecular weight excluding hydrogens is 286 g/mol. The minimum Gasteiger partial charge on any atom is -0.346 e. The fourth-order valence-corrected chi connectivity index (χ4v) is 2.64. The Kier molecular flexibility index (Phi) is 6.96. The van der Waals surface area contributed by atoms with Crippen LogP contribution in [0.3, 0.4) is 0 Å². The van der Waals surface area contributed by atoms with Crippen LogP contribution in [-0.4, -0.2) is 27.8 Å². The van der Waals surface area contributed by atoms with E-state index in [0.717, 1.165) is 42.2 Å². The number of halogens is 1. The zero-order valence-electron chi connectivity index (χ0n) is 10.1. The number of unbranched alkanes of at least 4 members (excludes halogenated alkanes) is 1. The summed E-state index contributed by atoms with van der Waals surface area (Å²) in [6, 6.07) is 0. The summed E-state index contributed by atoms with van der Waals surface area (Å²) in [7, 11) is 0. The average Bonchev–Trinajstić information content (AvgIpc) is 2.73. The Morgan fingerprint density at radius 1 is 1.25 bits per heavy atom. The summed E-state index contributed by atoms with van der Waals surface area (Å²) < 4.78 is 4.39. The summed E-state index contributed by atoms with van der Waals surface area (Å²) >= 11 is 5.02. The number of rotatable bonds is 8. The predicted octanol–water partition coefficient (Wildman–Crippen LogP) is 3.49. The number of nitrogens with zero attached hydrogens (tertiary/aromatic N) is 3. The zero-order chi connectivity index (χ0) is 11.8. The van der Waals surface area contributed by atoms with E-state index in [1.165, 1.54) is 24.4 Å². The summed E-state index contributed by atoms with van der Waals surface area (Å²) in [4.78, 5) is 6.91. The minimum atomic E-state index is 0.986. The van der Waals surface area contributed by atoms with Gasteiger partial charge in [-0.3, -0.25) is 0 Å². The van der Waals surface area contributed by atoms with E-state index in [0.29, 0.717) is 0 Å². The molecular formula is C11H20BrN3S. The van der Waals surface area contributed by atoms with Crippen molar-refractivity contribution in [2.75, 3.05) is 23.3 Å². The number of hydrogen-bond acceptors (Lipinski definition) is 4. The summed E-state index contributed by atoms with van der Waals surface area (Å²) in [6.45, 7) is 6.48. The molecule has 0 spiro atoms. The first-order valence-electron chi connectivity index (χ1n) is 5.95. The van der Waals surface area contributed by atoms with Crippen LogP contribution in [0.2, 0.25) is 0 Å². The Labute approximate surface area is 111 Å². The van der Waals surface area contributed by atoms with Crippen LogP contribution in [0.5, 0.6) is 0 Å². The molecule has 0 saturated heterocycles. The van der Waals surface area contributed by atoms with Crippen molar-refractivity contribution >= 4 is 32.6 Å². The van der Waals surface area contributed by atoms with E-state index in [1.807, 2.05) is 0 Å². The summed E-state index contributed by atoms with van der Waals surface area (Å²) in [5.41, 5.74) is 0. The van der Waals surface area contributed by atoms with Gasteiger partial charge in [-0.1, -0.05) is 36.2 Å². The summed E-state index contributed by atoms with van der Waals surface area (Å²) in [5.74, 6) is 0.999. The van der Waals surface area contributed by atoms with Gasteiger partial charge in [-0.05, 0) is 12.8 Å². The van der Waals surface area contributed by atoms with Crippen molar-refractivity contribution < 1.29 is 0 Å². The molecule has 1 aromatic rings. The Balaban J connectivity index is 2.59. The Hall–Kier alpha value is -0.160. The molecule has 0 radical (unpaired) electrons. The third-order valence-electron chi connectivity index (χ3n) is 2.34. The molecule has 5 heteroatoms. The second kappa shape index (κ2) is 8.01. The molecule has 0 saturated carbocycles. The maximum absolute atomic E-state index is 4.58. The number of aryl methyl sites for hydroxylation is 1. The standard InChI is InChI=1S/C11H20BrN3S/c1-3-5-8-15(9-7-12)11-13-10(6-4-2)14-16-11/h3-9H2,1-2H3. The lowest BCUT2D eigenvalue weighted by molar-refractivity contribution is 0.730. The molecule has 0 aliphatic heterocycles. The maximum Gasteiger partial charge on any atom is 0.205 e. The van der Waals surface area contributed by atoms with E-state index in [9.17, 15) is 0 Å². The number of aromatic nitrogens is 2. The molecule has 1 rings (SSSR count). The van der Waals surface area contributed by atoms with Gasteiger partial charge >= 0.3 is 0 Å². The van der Waals surface area contributed by atoms with Crippen molar-refractivity contribution in [3.63, 3.8) is 0 Å². The van der Waals surface area contributed by atoms with Gasteiger partial charge < -0.3 is 4.90 Å². The van der Waals surface area contributed by atoms with E-state index in [-0.39, 0.29) is 0 Å². The molecule has 1 aromatic heterocycles. The van der Waals surface area contributed by atoms with Crippen LogP contribution >= 0.6 is 27.5 Å². The van der Waals surface area contributed by atoms with Crippen LogP contribution < -0.4 is 4.90 Å². The van der Waals surface area contributed by atoms with Crippen LogP contribution in [-0.2, 0) is 6.42 Å². The van der Waals surface area contributed by atoms with E-state index in [4.69, 9.17) is 0 Å². The maximum atomic E-state index is 4.58. The molecule has 3 nitrogen and oxygen atoms in total. The van der Waals surface area contributed by atoms with Crippen molar-refractivity contribution in [2.24, 2.45) is 0 Å². The Morgan fingerprint density at radius 3 is 2.69 bits per heavy atom. The third kappa shape index (κ3) is 4.37. The van der Waals surface area contributed by atoms with Crippen molar-refractivity contribution in [1.29, 1.82) is 0 Å². The molecule has 0 fully saturated rings. The fourth-order valence-electron chi connectivity index (χ4n) is 1.45. The molecule has 0 unspecified atom stereocenters. The first-order valence-corrected chi connectivity index (χ1v) is 7.84. The highest BCUT2D eigenvalue weighted by Gasteiger charge is 2.10. The molecule has 92 valence electrons. The van der Waals surface area contributed by atoms with Crippen LogP contribution in [0.4, 0.5) is 5.13 Å². The van der Waals surface area contributed by atoms with Gasteiger partial charge in [-0.15, -0.1) is 0 Å². The van der Waals surface area contributed by atoms with Gasteiger partial charge in [0.05, 0.1) is 0 Å². The van der Waals surface area contributed by atoms with Gasteiger partial charge in [-0.2, -0.15) is 4.37 Å². The number of anilines is 1. The summed E-state index contributed by atoms with van der Waals surface area (Å²) in [5, 5.41) is 2.07. The first-order chi connectivity index (χ1) is 7.81.